The number of phenolic OH excluding ortho intramolecular Hbond substituents is 1. The SMILES string of the molecule is COCCOCCOCCOCCN(CCCS(=O)(=O)O)c1ccc(/C(=C\C/C=C/C=C2/N(CCCCCC(=O)Oc3c(F)c(F)cc(F)c3F)c3ccc(S(=O)(=O)O)cc3C2(C)CCCS(=O)(=O)O)C(C)(C)C)c(O)c1. The van der Waals surface area contributed by atoms with Crippen LogP contribution in [0.3, 0.4) is 0 Å². The standard InChI is InChI=1S/C52H70F4N2O16S3/c1-51(2,3)40(39-19-17-37(34-45(39)59)57(22-13-33-76(64,65)66)24-25-71-28-29-73-31-30-72-27-26-70-5)14-8-6-9-15-46-52(4,21-12-32-75(61,62)63)41-35-38(77(67,68)69)18-20-44(41)58(46)23-11-7-10-16-47(60)74-50-48(55)42(53)36-43(54)49(50)56/h6,9,14-15,17-20,34-36,59H,7-8,10-13,16,21-33H2,1-5H3,(H,61,62,63)(H,64,65,66)(H,67,68,69)/b9-6+,40-14+,46-15+. The van der Waals surface area contributed by atoms with E-state index < -0.39 is 92.6 Å². The van der Waals surface area contributed by atoms with Gasteiger partial charge in [0.2, 0.25) is 17.4 Å². The normalized spacial score (nSPS) is 16.0. The molecule has 25 heteroatoms. The van der Waals surface area contributed by atoms with Crippen LogP contribution in [0.1, 0.15) is 90.2 Å². The van der Waals surface area contributed by atoms with Crippen LogP contribution in [0.15, 0.2) is 77.4 Å². The lowest BCUT2D eigenvalue weighted by Crippen LogP contribution is -2.30. The van der Waals surface area contributed by atoms with Gasteiger partial charge in [0, 0.05) is 73.3 Å². The Morgan fingerprint density at radius 3 is 1.95 bits per heavy atom. The third-order valence-corrected chi connectivity index (χ3v) is 14.9. The number of esters is 1. The average molecular weight is 1150 g/mol. The van der Waals surface area contributed by atoms with Crippen molar-refractivity contribution in [2.45, 2.75) is 89.4 Å². The zero-order valence-electron chi connectivity index (χ0n) is 43.8. The van der Waals surface area contributed by atoms with Crippen molar-refractivity contribution in [3.05, 3.63) is 107 Å². The maximum Gasteiger partial charge on any atom is 0.311 e. The van der Waals surface area contributed by atoms with Gasteiger partial charge in [-0.15, -0.1) is 0 Å². The van der Waals surface area contributed by atoms with Gasteiger partial charge >= 0.3 is 5.97 Å². The predicted molar refractivity (Wildman–Crippen MR) is 282 cm³/mol. The minimum absolute atomic E-state index is 0.0156. The van der Waals surface area contributed by atoms with Gasteiger partial charge in [-0.1, -0.05) is 45.4 Å². The van der Waals surface area contributed by atoms with Crippen molar-refractivity contribution in [2.24, 2.45) is 5.41 Å². The van der Waals surface area contributed by atoms with Crippen LogP contribution in [0.4, 0.5) is 28.9 Å². The first kappa shape index (κ1) is 64.6. The Morgan fingerprint density at radius 1 is 0.753 bits per heavy atom. The molecule has 0 saturated heterocycles. The summed E-state index contributed by atoms with van der Waals surface area (Å²) in [5.74, 6) is -11.0. The fourth-order valence-electron chi connectivity index (χ4n) is 8.68. The van der Waals surface area contributed by atoms with Crippen molar-refractivity contribution in [1.29, 1.82) is 0 Å². The fourth-order valence-corrected chi connectivity index (χ4v) is 10.2. The van der Waals surface area contributed by atoms with Crippen LogP contribution in [0, 0.1) is 28.7 Å². The van der Waals surface area contributed by atoms with E-state index in [2.05, 4.69) is 4.74 Å². The maximum atomic E-state index is 14.1. The highest BCUT2D eigenvalue weighted by Crippen LogP contribution is 2.51. The quantitative estimate of drug-likeness (QED) is 0.0111. The molecule has 0 saturated carbocycles. The van der Waals surface area contributed by atoms with E-state index in [0.29, 0.717) is 93.6 Å². The van der Waals surface area contributed by atoms with Crippen molar-refractivity contribution in [1.82, 2.24) is 0 Å². The van der Waals surface area contributed by atoms with E-state index in [9.17, 15) is 66.4 Å². The van der Waals surface area contributed by atoms with Crippen molar-refractivity contribution in [3.63, 3.8) is 0 Å². The van der Waals surface area contributed by atoms with Crippen LogP contribution in [-0.2, 0) is 59.5 Å². The second-order valence-electron chi connectivity index (χ2n) is 19.4. The number of aromatic hydroxyl groups is 1. The summed E-state index contributed by atoms with van der Waals surface area (Å²) in [6.45, 7) is 11.0. The zero-order chi connectivity index (χ0) is 57.2. The molecular weight excluding hydrogens is 1080 g/mol. The number of hydrogen-bond acceptors (Lipinski definition) is 15. The number of allylic oxidation sites excluding steroid dienone is 6. The Hall–Kier alpha value is -4.96. The van der Waals surface area contributed by atoms with Crippen molar-refractivity contribution in [3.8, 4) is 11.5 Å². The number of nitrogens with zero attached hydrogens (tertiary/aromatic N) is 2. The van der Waals surface area contributed by atoms with E-state index in [1.54, 1.807) is 44.4 Å². The summed E-state index contributed by atoms with van der Waals surface area (Å²) >= 11 is 0. The van der Waals surface area contributed by atoms with Gasteiger partial charge in [0.1, 0.15) is 5.75 Å². The predicted octanol–water partition coefficient (Wildman–Crippen LogP) is 8.85. The Kier molecular flexibility index (Phi) is 24.6. The van der Waals surface area contributed by atoms with E-state index in [1.807, 2.05) is 42.7 Å². The molecule has 4 rings (SSSR count). The molecule has 1 aliphatic heterocycles. The van der Waals surface area contributed by atoms with Gasteiger partial charge in [-0.05, 0) is 98.4 Å². The van der Waals surface area contributed by atoms with Gasteiger partial charge in [0.05, 0.1) is 62.6 Å². The molecule has 3 aromatic carbocycles. The topological polar surface area (TPSA) is 253 Å². The Balaban J connectivity index is 1.58. The molecule has 3 aromatic rings. The van der Waals surface area contributed by atoms with Crippen LogP contribution in [0.25, 0.3) is 5.57 Å². The third-order valence-electron chi connectivity index (χ3n) is 12.4. The zero-order valence-corrected chi connectivity index (χ0v) is 46.3. The summed E-state index contributed by atoms with van der Waals surface area (Å²) in [5.41, 5.74) is 1.79. The maximum absolute atomic E-state index is 14.1. The highest BCUT2D eigenvalue weighted by atomic mass is 32.2. The van der Waals surface area contributed by atoms with Crippen LogP contribution < -0.4 is 14.5 Å². The van der Waals surface area contributed by atoms with Gasteiger partial charge in [-0.2, -0.15) is 34.0 Å². The molecule has 0 radical (unpaired) electrons. The lowest BCUT2D eigenvalue weighted by Gasteiger charge is -2.30. The van der Waals surface area contributed by atoms with E-state index in [0.717, 1.165) is 5.57 Å². The van der Waals surface area contributed by atoms with Crippen LogP contribution in [0.2, 0.25) is 0 Å². The Morgan fingerprint density at radius 2 is 1.36 bits per heavy atom. The molecule has 1 unspecified atom stereocenters. The molecule has 1 heterocycles. The summed E-state index contributed by atoms with van der Waals surface area (Å²) in [7, 11) is -11.8. The van der Waals surface area contributed by atoms with Crippen LogP contribution in [0.5, 0.6) is 11.5 Å². The minimum Gasteiger partial charge on any atom is -0.507 e. The molecule has 4 N–H and O–H groups in total. The molecule has 0 bridgehead atoms. The lowest BCUT2D eigenvalue weighted by molar-refractivity contribution is -0.135. The lowest BCUT2D eigenvalue weighted by atomic mass is 9.77. The van der Waals surface area contributed by atoms with Crippen LogP contribution in [-0.4, -0.2) is 134 Å². The first-order chi connectivity index (χ1) is 36.1. The molecule has 0 spiro atoms. The number of ether oxygens (including phenoxy) is 5. The third kappa shape index (κ3) is 20.3. The van der Waals surface area contributed by atoms with Gasteiger partial charge < -0.3 is 38.6 Å². The summed E-state index contributed by atoms with van der Waals surface area (Å²) in [5, 5.41) is 11.5. The Labute approximate surface area is 448 Å². The molecule has 18 nitrogen and oxygen atoms in total. The van der Waals surface area contributed by atoms with Gasteiger partial charge in [0.15, 0.2) is 11.6 Å². The van der Waals surface area contributed by atoms with Crippen molar-refractivity contribution in [2.75, 3.05) is 94.3 Å². The second kappa shape index (κ2) is 29.3. The number of halogens is 4. The van der Waals surface area contributed by atoms with Gasteiger partial charge in [-0.3, -0.25) is 18.5 Å². The minimum atomic E-state index is -4.71. The number of unbranched alkanes of at least 4 members (excludes halogenated alkanes) is 2. The van der Waals surface area contributed by atoms with E-state index in [1.165, 1.54) is 18.2 Å². The Bertz CT molecular complexity index is 2890. The summed E-state index contributed by atoms with van der Waals surface area (Å²) < 4.78 is 182. The molecule has 0 amide bonds. The van der Waals surface area contributed by atoms with Crippen LogP contribution >= 0.6 is 0 Å². The highest BCUT2D eigenvalue weighted by Gasteiger charge is 2.44. The largest absolute Gasteiger partial charge is 0.507 e. The van der Waals surface area contributed by atoms with E-state index in [4.69, 9.17) is 18.9 Å². The number of carbonyl (C=O) groups excluding carboxylic acids is 1. The van der Waals surface area contributed by atoms with Crippen molar-refractivity contribution >= 4 is 53.3 Å². The molecule has 0 fully saturated rings. The smallest absolute Gasteiger partial charge is 0.311 e. The number of benzene rings is 3. The van der Waals surface area contributed by atoms with E-state index in [-0.39, 0.29) is 63.6 Å². The first-order valence-corrected chi connectivity index (χ1v) is 29.4. The second-order valence-corrected chi connectivity index (χ2v) is 23.9. The number of phenols is 1. The summed E-state index contributed by atoms with van der Waals surface area (Å²) in [6, 6.07) is 9.10. The van der Waals surface area contributed by atoms with E-state index >= 15 is 0 Å². The summed E-state index contributed by atoms with van der Waals surface area (Å²) in [6.07, 6.45) is 8.12. The first-order valence-electron chi connectivity index (χ1n) is 24.8. The fraction of sp³-hybridized carbons (Fsp3) is 0.519. The number of anilines is 2. The average Bonchev–Trinajstić information content (AvgIpc) is 3.57. The number of hydrogen-bond donors (Lipinski definition) is 4. The molecule has 0 aromatic heterocycles. The number of fused-ring (bicyclic) bond motifs is 1. The number of rotatable bonds is 33. The van der Waals surface area contributed by atoms with Crippen molar-refractivity contribution < 1.29 is 90.1 Å². The molecule has 430 valence electrons. The van der Waals surface area contributed by atoms with Gasteiger partial charge in [-0.25, -0.2) is 8.78 Å². The summed E-state index contributed by atoms with van der Waals surface area (Å²) in [4.78, 5) is 15.8. The number of carbonyl (C=O) groups is 1. The monoisotopic (exact) mass is 1150 g/mol. The molecule has 1 atom stereocenters. The molecular formula is C52H70F4N2O16S3. The molecule has 1 aliphatic rings. The van der Waals surface area contributed by atoms with Gasteiger partial charge in [0.25, 0.3) is 30.4 Å². The number of methoxy groups -OCH3 is 1. The molecule has 0 aliphatic carbocycles. The molecule has 77 heavy (non-hydrogen) atoms. The highest BCUT2D eigenvalue weighted by molar-refractivity contribution is 7.86.